The molecular weight excluding hydrogens is 256 g/mol. The molecule has 2 fully saturated rings. The molecule has 0 aliphatic carbocycles. The molecule has 1 N–H and O–H groups in total. The first-order valence-electron chi connectivity index (χ1n) is 6.18. The van der Waals surface area contributed by atoms with Crippen LogP contribution in [0, 0.1) is 0 Å². The summed E-state index contributed by atoms with van der Waals surface area (Å²) >= 11 is 5.38. The van der Waals surface area contributed by atoms with Crippen molar-refractivity contribution >= 4 is 27.2 Å². The summed E-state index contributed by atoms with van der Waals surface area (Å²) < 4.78 is 23.0. The fourth-order valence-electron chi connectivity index (χ4n) is 2.54. The van der Waals surface area contributed by atoms with Crippen LogP contribution in [-0.2, 0) is 9.84 Å². The molecule has 2 heterocycles. The van der Waals surface area contributed by atoms with Crippen LogP contribution in [0.3, 0.4) is 0 Å². The van der Waals surface area contributed by atoms with E-state index in [2.05, 4.69) is 10.2 Å². The Balaban J connectivity index is 1.94. The van der Waals surface area contributed by atoms with Crippen molar-refractivity contribution < 1.29 is 8.42 Å². The van der Waals surface area contributed by atoms with Gasteiger partial charge in [0.1, 0.15) is 0 Å². The van der Waals surface area contributed by atoms with Crippen molar-refractivity contribution in [1.82, 2.24) is 10.2 Å². The van der Waals surface area contributed by atoms with E-state index in [-0.39, 0.29) is 17.0 Å². The zero-order valence-electron chi connectivity index (χ0n) is 10.2. The highest BCUT2D eigenvalue weighted by Gasteiger charge is 2.39. The van der Waals surface area contributed by atoms with Gasteiger partial charge in [-0.15, -0.1) is 0 Å². The lowest BCUT2D eigenvalue weighted by molar-refractivity contribution is 0.324. The van der Waals surface area contributed by atoms with Crippen molar-refractivity contribution in [3.63, 3.8) is 0 Å². The van der Waals surface area contributed by atoms with E-state index in [4.69, 9.17) is 12.2 Å². The summed E-state index contributed by atoms with van der Waals surface area (Å²) in [6.07, 6.45) is 4.28. The number of hydrogen-bond donors (Lipinski definition) is 1. The second-order valence-electron chi connectivity index (χ2n) is 5.38. The summed E-state index contributed by atoms with van der Waals surface area (Å²) in [5.74, 6) is 0.479. The Morgan fingerprint density at radius 1 is 1.29 bits per heavy atom. The maximum Gasteiger partial charge on any atom is 0.169 e. The van der Waals surface area contributed by atoms with E-state index in [1.165, 1.54) is 19.3 Å². The summed E-state index contributed by atoms with van der Waals surface area (Å²) in [6.45, 7) is 3.94. The maximum absolute atomic E-state index is 11.5. The molecule has 0 aromatic rings. The number of piperidine rings is 1. The van der Waals surface area contributed by atoms with Crippen LogP contribution in [0.25, 0.3) is 0 Å². The Morgan fingerprint density at radius 3 is 2.47 bits per heavy atom. The van der Waals surface area contributed by atoms with Crippen molar-refractivity contribution in [2.24, 2.45) is 0 Å². The van der Waals surface area contributed by atoms with E-state index in [0.717, 1.165) is 18.2 Å². The first-order chi connectivity index (χ1) is 7.90. The van der Waals surface area contributed by atoms with Crippen LogP contribution < -0.4 is 5.32 Å². The van der Waals surface area contributed by atoms with E-state index < -0.39 is 9.84 Å². The largest absolute Gasteiger partial charge is 0.356 e. The third-order valence-electron chi connectivity index (χ3n) is 3.56. The average Bonchev–Trinajstić information content (AvgIpc) is 2.54. The first kappa shape index (κ1) is 13.1. The normalized spacial score (nSPS) is 32.4. The Labute approximate surface area is 109 Å². The monoisotopic (exact) mass is 276 g/mol. The molecule has 6 heteroatoms. The molecule has 0 radical (unpaired) electrons. The highest BCUT2D eigenvalue weighted by molar-refractivity contribution is 7.91. The van der Waals surface area contributed by atoms with Gasteiger partial charge in [0.25, 0.3) is 0 Å². The van der Waals surface area contributed by atoms with E-state index >= 15 is 0 Å². The van der Waals surface area contributed by atoms with Gasteiger partial charge >= 0.3 is 0 Å². The standard InChI is InChI=1S/C11H20N2O2S2/c1-11(5-8-17(14,15)9-11)12-10(16)13-6-3-2-4-7-13/h2-9H2,1H3,(H,12,16)/t11-/m0/s1. The van der Waals surface area contributed by atoms with Gasteiger partial charge in [0.15, 0.2) is 14.9 Å². The van der Waals surface area contributed by atoms with Crippen LogP contribution in [0.15, 0.2) is 0 Å². The predicted molar refractivity (Wildman–Crippen MR) is 72.8 cm³/mol. The minimum Gasteiger partial charge on any atom is -0.356 e. The molecule has 0 spiro atoms. The van der Waals surface area contributed by atoms with Gasteiger partial charge in [-0.3, -0.25) is 0 Å². The number of nitrogens with one attached hydrogen (secondary N) is 1. The summed E-state index contributed by atoms with van der Waals surface area (Å²) in [4.78, 5) is 2.16. The lowest BCUT2D eigenvalue weighted by atomic mass is 10.0. The molecule has 2 aliphatic heterocycles. The SMILES string of the molecule is C[C@]1(NC(=S)N2CCCCC2)CCS(=O)(=O)C1. The molecule has 1 atom stereocenters. The van der Waals surface area contributed by atoms with Gasteiger partial charge in [0.05, 0.1) is 17.0 Å². The molecule has 17 heavy (non-hydrogen) atoms. The summed E-state index contributed by atoms with van der Waals surface area (Å²) in [5, 5.41) is 3.98. The zero-order chi connectivity index (χ0) is 12.5. The molecular formula is C11H20N2O2S2. The molecule has 2 saturated heterocycles. The third-order valence-corrected chi connectivity index (χ3v) is 5.82. The van der Waals surface area contributed by atoms with E-state index in [9.17, 15) is 8.42 Å². The Hall–Kier alpha value is -0.360. The number of likely N-dealkylation sites (tertiary alicyclic amines) is 1. The third kappa shape index (κ3) is 3.31. The molecule has 2 rings (SSSR count). The van der Waals surface area contributed by atoms with Gasteiger partial charge in [0.2, 0.25) is 0 Å². The molecule has 0 aromatic heterocycles. The van der Waals surface area contributed by atoms with Gasteiger partial charge in [-0.2, -0.15) is 0 Å². The fraction of sp³-hybridized carbons (Fsp3) is 0.909. The van der Waals surface area contributed by atoms with Crippen molar-refractivity contribution in [3.8, 4) is 0 Å². The van der Waals surface area contributed by atoms with Gasteiger partial charge in [0, 0.05) is 13.1 Å². The highest BCUT2D eigenvalue weighted by atomic mass is 32.2. The summed E-state index contributed by atoms with van der Waals surface area (Å²) in [5.41, 5.74) is -0.368. The smallest absolute Gasteiger partial charge is 0.169 e. The van der Waals surface area contributed by atoms with Gasteiger partial charge in [-0.25, -0.2) is 8.42 Å². The van der Waals surface area contributed by atoms with Crippen molar-refractivity contribution in [2.75, 3.05) is 24.6 Å². The summed E-state index contributed by atoms with van der Waals surface area (Å²) in [7, 11) is -2.87. The number of thiocarbonyl (C=S) groups is 1. The van der Waals surface area contributed by atoms with Crippen LogP contribution in [0.1, 0.15) is 32.6 Å². The molecule has 0 aromatic carbocycles. The van der Waals surface area contributed by atoms with Crippen molar-refractivity contribution in [3.05, 3.63) is 0 Å². The van der Waals surface area contributed by atoms with Gasteiger partial charge in [-0.05, 0) is 44.8 Å². The maximum atomic E-state index is 11.5. The molecule has 0 unspecified atom stereocenters. The number of sulfone groups is 1. The van der Waals surface area contributed by atoms with Gasteiger partial charge in [-0.1, -0.05) is 0 Å². The Bertz CT molecular complexity index is 402. The van der Waals surface area contributed by atoms with E-state index in [1.807, 2.05) is 6.92 Å². The zero-order valence-corrected chi connectivity index (χ0v) is 11.9. The quantitative estimate of drug-likeness (QED) is 0.722. The number of hydrogen-bond acceptors (Lipinski definition) is 3. The average molecular weight is 276 g/mol. The lowest BCUT2D eigenvalue weighted by Gasteiger charge is -2.34. The van der Waals surface area contributed by atoms with Crippen molar-refractivity contribution in [1.29, 1.82) is 0 Å². The Kier molecular flexibility index (Phi) is 3.63. The van der Waals surface area contributed by atoms with Crippen LogP contribution in [0.5, 0.6) is 0 Å². The lowest BCUT2D eigenvalue weighted by Crippen LogP contribution is -2.53. The van der Waals surface area contributed by atoms with Crippen molar-refractivity contribution in [2.45, 2.75) is 38.1 Å². The second-order valence-corrected chi connectivity index (χ2v) is 7.95. The molecule has 0 amide bonds. The topological polar surface area (TPSA) is 49.4 Å². The summed E-state index contributed by atoms with van der Waals surface area (Å²) in [6, 6.07) is 0. The van der Waals surface area contributed by atoms with E-state index in [1.54, 1.807) is 0 Å². The van der Waals surface area contributed by atoms with Crippen LogP contribution in [-0.4, -0.2) is 48.6 Å². The predicted octanol–water partition coefficient (Wildman–Crippen LogP) is 0.924. The first-order valence-corrected chi connectivity index (χ1v) is 8.41. The van der Waals surface area contributed by atoms with E-state index in [0.29, 0.717) is 6.42 Å². The molecule has 2 aliphatic rings. The molecule has 0 saturated carbocycles. The Morgan fingerprint density at radius 2 is 1.94 bits per heavy atom. The number of nitrogens with zero attached hydrogens (tertiary/aromatic N) is 1. The highest BCUT2D eigenvalue weighted by Crippen LogP contribution is 2.23. The second kappa shape index (κ2) is 4.72. The van der Waals surface area contributed by atoms with Crippen LogP contribution in [0.4, 0.5) is 0 Å². The minimum atomic E-state index is -2.87. The van der Waals surface area contributed by atoms with Crippen LogP contribution in [0.2, 0.25) is 0 Å². The van der Waals surface area contributed by atoms with Crippen LogP contribution >= 0.6 is 12.2 Å². The van der Waals surface area contributed by atoms with Gasteiger partial charge < -0.3 is 10.2 Å². The number of rotatable bonds is 1. The minimum absolute atomic E-state index is 0.202. The fourth-order valence-corrected chi connectivity index (χ4v) is 5.07. The molecule has 98 valence electrons. The molecule has 4 nitrogen and oxygen atoms in total. The molecule has 0 bridgehead atoms.